The van der Waals surface area contributed by atoms with Crippen molar-refractivity contribution in [1.29, 1.82) is 0 Å². The smallest absolute Gasteiger partial charge is 0.339 e. The number of carbonyl (C=O) groups excluding carboxylic acids is 2. The van der Waals surface area contributed by atoms with Crippen LogP contribution in [0, 0.1) is 0 Å². The van der Waals surface area contributed by atoms with E-state index in [2.05, 4.69) is 31.8 Å². The second kappa shape index (κ2) is 11.3. The van der Waals surface area contributed by atoms with Crippen LogP contribution in [0.1, 0.15) is 15.9 Å². The molecule has 0 atom stereocenters. The highest BCUT2D eigenvalue weighted by Crippen LogP contribution is 2.22. The summed E-state index contributed by atoms with van der Waals surface area (Å²) in [6.07, 6.45) is 1.56. The number of carbonyl (C=O) groups is 2. The molecule has 31 heavy (non-hydrogen) atoms. The Morgan fingerprint density at radius 1 is 1.00 bits per heavy atom. The average molecular weight is 498 g/mol. The molecule has 0 aromatic heterocycles. The number of hydrazone groups is 1. The number of ether oxygens (including phenoxy) is 1. The van der Waals surface area contributed by atoms with Crippen LogP contribution in [0.3, 0.4) is 0 Å². The normalized spacial score (nSPS) is 10.6. The van der Waals surface area contributed by atoms with Gasteiger partial charge in [0.15, 0.2) is 5.78 Å². The number of thioether (sulfide) groups is 1. The largest absolute Gasteiger partial charge is 0.497 e. The fourth-order valence-corrected chi connectivity index (χ4v) is 3.57. The first-order valence-electron chi connectivity index (χ1n) is 9.29. The summed E-state index contributed by atoms with van der Waals surface area (Å²) >= 11 is 4.80. The van der Waals surface area contributed by atoms with Gasteiger partial charge in [-0.2, -0.15) is 5.10 Å². The average Bonchev–Trinajstić information content (AvgIpc) is 2.80. The monoisotopic (exact) mass is 497 g/mol. The molecule has 0 radical (unpaired) electrons. The predicted octanol–water partition coefficient (Wildman–Crippen LogP) is 5.59. The van der Waals surface area contributed by atoms with Gasteiger partial charge in [0.25, 0.3) is 0 Å². The van der Waals surface area contributed by atoms with Gasteiger partial charge in [-0.25, -0.2) is 10.2 Å². The molecule has 3 aromatic carbocycles. The maximum Gasteiger partial charge on any atom is 0.339 e. The molecule has 2 amide bonds. The molecule has 0 aliphatic carbocycles. The van der Waals surface area contributed by atoms with E-state index in [1.807, 2.05) is 36.4 Å². The first-order chi connectivity index (χ1) is 15.0. The number of rotatable bonds is 8. The van der Waals surface area contributed by atoms with E-state index in [0.29, 0.717) is 17.0 Å². The van der Waals surface area contributed by atoms with Gasteiger partial charge in [0.05, 0.1) is 19.1 Å². The summed E-state index contributed by atoms with van der Waals surface area (Å²) in [4.78, 5) is 25.2. The van der Waals surface area contributed by atoms with Crippen LogP contribution in [-0.2, 0) is 0 Å². The lowest BCUT2D eigenvalue weighted by Crippen LogP contribution is -2.24. The van der Waals surface area contributed by atoms with E-state index in [4.69, 9.17) is 4.74 Å². The van der Waals surface area contributed by atoms with Gasteiger partial charge in [0.2, 0.25) is 0 Å². The van der Waals surface area contributed by atoms with Crippen molar-refractivity contribution in [3.8, 4) is 5.75 Å². The highest BCUT2D eigenvalue weighted by Gasteiger charge is 2.07. The van der Waals surface area contributed by atoms with Gasteiger partial charge >= 0.3 is 6.03 Å². The van der Waals surface area contributed by atoms with Crippen molar-refractivity contribution in [2.24, 2.45) is 5.10 Å². The van der Waals surface area contributed by atoms with Crippen molar-refractivity contribution in [2.75, 3.05) is 18.2 Å². The number of Topliss-reactive ketones (excluding diaryl/α,β-unsaturated/α-hetero) is 1. The standard InChI is InChI=1S/C23H20BrN3O3S/c1-30-20-10-4-17(5-11-20)22(28)15-31-21-12-8-19(9-13-21)26-23(29)27-25-14-16-2-6-18(24)7-3-16/h2-14H,15H2,1H3,(H2,26,27,29)/b25-14-. The summed E-state index contributed by atoms with van der Waals surface area (Å²) in [6.45, 7) is 0. The lowest BCUT2D eigenvalue weighted by Gasteiger charge is -2.06. The number of halogens is 1. The van der Waals surface area contributed by atoms with Crippen molar-refractivity contribution >= 4 is 51.4 Å². The van der Waals surface area contributed by atoms with E-state index in [1.165, 1.54) is 11.8 Å². The third-order valence-corrected chi connectivity index (χ3v) is 5.68. The Bertz CT molecular complexity index is 1050. The van der Waals surface area contributed by atoms with E-state index in [-0.39, 0.29) is 5.78 Å². The van der Waals surface area contributed by atoms with E-state index < -0.39 is 6.03 Å². The molecule has 6 nitrogen and oxygen atoms in total. The number of anilines is 1. The Labute approximate surface area is 193 Å². The molecule has 0 bridgehead atoms. The molecule has 0 aliphatic rings. The van der Waals surface area contributed by atoms with E-state index in [9.17, 15) is 9.59 Å². The molecule has 3 aromatic rings. The number of hydrogen-bond acceptors (Lipinski definition) is 5. The van der Waals surface area contributed by atoms with Gasteiger partial charge in [-0.3, -0.25) is 4.79 Å². The number of hydrogen-bond donors (Lipinski definition) is 2. The number of ketones is 1. The molecule has 158 valence electrons. The Morgan fingerprint density at radius 2 is 1.68 bits per heavy atom. The van der Waals surface area contributed by atoms with Crippen molar-refractivity contribution in [1.82, 2.24) is 5.43 Å². The Hall–Kier alpha value is -3.10. The number of amides is 2. The lowest BCUT2D eigenvalue weighted by atomic mass is 10.1. The molecule has 2 N–H and O–H groups in total. The van der Waals surface area contributed by atoms with Crippen molar-refractivity contribution in [2.45, 2.75) is 4.90 Å². The van der Waals surface area contributed by atoms with Gasteiger partial charge in [-0.15, -0.1) is 11.8 Å². The molecule has 0 unspecified atom stereocenters. The van der Waals surface area contributed by atoms with Gasteiger partial charge in [-0.1, -0.05) is 28.1 Å². The maximum absolute atomic E-state index is 12.3. The minimum Gasteiger partial charge on any atom is -0.497 e. The molecular weight excluding hydrogens is 478 g/mol. The predicted molar refractivity (Wildman–Crippen MR) is 128 cm³/mol. The van der Waals surface area contributed by atoms with E-state index >= 15 is 0 Å². The lowest BCUT2D eigenvalue weighted by molar-refractivity contribution is 0.102. The summed E-state index contributed by atoms with van der Waals surface area (Å²) in [5.74, 6) is 1.08. The minimum absolute atomic E-state index is 0.0397. The van der Waals surface area contributed by atoms with Crippen molar-refractivity contribution in [3.05, 3.63) is 88.4 Å². The highest BCUT2D eigenvalue weighted by atomic mass is 79.9. The zero-order valence-electron chi connectivity index (χ0n) is 16.7. The summed E-state index contributed by atoms with van der Waals surface area (Å²) in [5, 5.41) is 6.63. The Balaban J connectivity index is 1.45. The molecule has 0 aliphatic heterocycles. The highest BCUT2D eigenvalue weighted by molar-refractivity contribution is 9.10. The zero-order chi connectivity index (χ0) is 22.1. The fraction of sp³-hybridized carbons (Fsp3) is 0.0870. The molecule has 0 saturated carbocycles. The molecular formula is C23H20BrN3O3S. The van der Waals surface area contributed by atoms with Crippen LogP contribution < -0.4 is 15.5 Å². The van der Waals surface area contributed by atoms with Gasteiger partial charge in [0, 0.05) is 20.6 Å². The van der Waals surface area contributed by atoms with Crippen LogP contribution in [0.15, 0.2) is 87.3 Å². The van der Waals surface area contributed by atoms with Gasteiger partial charge < -0.3 is 10.1 Å². The summed E-state index contributed by atoms with van der Waals surface area (Å²) in [5.41, 5.74) is 4.57. The number of nitrogens with one attached hydrogen (secondary N) is 2. The molecule has 0 heterocycles. The molecule has 8 heteroatoms. The zero-order valence-corrected chi connectivity index (χ0v) is 19.1. The SMILES string of the molecule is COc1ccc(C(=O)CSc2ccc(NC(=O)N/N=C\c3ccc(Br)cc3)cc2)cc1. The van der Waals surface area contributed by atoms with Crippen LogP contribution in [0.2, 0.25) is 0 Å². The second-order valence-corrected chi connectivity index (χ2v) is 8.30. The van der Waals surface area contributed by atoms with E-state index in [0.717, 1.165) is 20.7 Å². The van der Waals surface area contributed by atoms with Crippen molar-refractivity contribution in [3.63, 3.8) is 0 Å². The van der Waals surface area contributed by atoms with E-state index in [1.54, 1.807) is 49.7 Å². The Kier molecular flexibility index (Phi) is 8.26. The number of urea groups is 1. The topological polar surface area (TPSA) is 79.8 Å². The first-order valence-corrected chi connectivity index (χ1v) is 11.1. The summed E-state index contributed by atoms with van der Waals surface area (Å²) < 4.78 is 6.08. The second-order valence-electron chi connectivity index (χ2n) is 6.34. The number of methoxy groups -OCH3 is 1. The first kappa shape index (κ1) is 22.6. The van der Waals surface area contributed by atoms with Crippen LogP contribution in [0.25, 0.3) is 0 Å². The Morgan fingerprint density at radius 3 is 2.32 bits per heavy atom. The quantitative estimate of drug-likeness (QED) is 0.184. The van der Waals surface area contributed by atoms with Gasteiger partial charge in [0.1, 0.15) is 5.75 Å². The maximum atomic E-state index is 12.3. The van der Waals surface area contributed by atoms with Crippen LogP contribution in [-0.4, -0.2) is 30.9 Å². The third kappa shape index (κ3) is 7.27. The minimum atomic E-state index is -0.441. The molecule has 3 rings (SSSR count). The summed E-state index contributed by atoms with van der Waals surface area (Å²) in [6, 6.07) is 21.4. The fourth-order valence-electron chi connectivity index (χ4n) is 2.52. The molecule has 0 saturated heterocycles. The van der Waals surface area contributed by atoms with Crippen LogP contribution in [0.5, 0.6) is 5.75 Å². The summed E-state index contributed by atoms with van der Waals surface area (Å²) in [7, 11) is 1.59. The molecule has 0 spiro atoms. The van der Waals surface area contributed by atoms with Crippen molar-refractivity contribution < 1.29 is 14.3 Å². The van der Waals surface area contributed by atoms with Gasteiger partial charge in [-0.05, 0) is 66.2 Å². The van der Waals surface area contributed by atoms with Crippen LogP contribution in [0.4, 0.5) is 10.5 Å². The third-order valence-electron chi connectivity index (χ3n) is 4.14. The van der Waals surface area contributed by atoms with Crippen LogP contribution >= 0.6 is 27.7 Å². The molecule has 0 fully saturated rings. The number of nitrogens with zero attached hydrogens (tertiary/aromatic N) is 1. The number of benzene rings is 3.